The predicted octanol–water partition coefficient (Wildman–Crippen LogP) is 17.5. The van der Waals surface area contributed by atoms with E-state index in [2.05, 4.69) is 202 Å². The third-order valence-corrected chi connectivity index (χ3v) is 12.2. The average Bonchev–Trinajstić information content (AvgIpc) is 3.88. The zero-order chi connectivity index (χ0) is 45.9. The van der Waals surface area contributed by atoms with Gasteiger partial charge < -0.3 is 13.7 Å². The minimum absolute atomic E-state index is 0.665. The van der Waals surface area contributed by atoms with Crippen LogP contribution in [0.4, 0.5) is 0 Å². The van der Waals surface area contributed by atoms with Crippen LogP contribution in [0.5, 0.6) is 0 Å². The largest absolute Gasteiger partial charge is 0.309 e. The summed E-state index contributed by atoms with van der Waals surface area (Å²) >= 11 is 8.14. The lowest BCUT2D eigenvalue weighted by Gasteiger charge is -2.13. The summed E-state index contributed by atoms with van der Waals surface area (Å²) in [5.41, 5.74) is 10.9. The Morgan fingerprint density at radius 3 is 1.86 bits per heavy atom. The Kier molecular flexibility index (Phi) is 15.4. The van der Waals surface area contributed by atoms with Crippen molar-refractivity contribution in [3.8, 4) is 11.8 Å². The van der Waals surface area contributed by atoms with Crippen molar-refractivity contribution in [3.63, 3.8) is 0 Å². The number of hydrogen-bond acceptors (Lipinski definition) is 4. The number of allylic oxidation sites excluding steroid dienone is 14. The molecule has 1 aliphatic rings. The molecule has 65 heavy (non-hydrogen) atoms. The van der Waals surface area contributed by atoms with Crippen LogP contribution >= 0.6 is 35.1 Å². The molecule has 0 N–H and O–H groups in total. The van der Waals surface area contributed by atoms with Gasteiger partial charge in [0.05, 0.1) is 44.7 Å². The van der Waals surface area contributed by atoms with Gasteiger partial charge in [0.2, 0.25) is 0 Å². The van der Waals surface area contributed by atoms with Gasteiger partial charge in [-0.2, -0.15) is 5.26 Å². The van der Waals surface area contributed by atoms with E-state index in [4.69, 9.17) is 0 Å². The predicted molar refractivity (Wildman–Crippen MR) is 293 cm³/mol. The van der Waals surface area contributed by atoms with Crippen molar-refractivity contribution in [1.29, 1.82) is 5.26 Å². The molecule has 4 nitrogen and oxygen atoms in total. The highest BCUT2D eigenvalue weighted by Crippen LogP contribution is 2.45. The molecule has 7 heteroatoms. The summed E-state index contributed by atoms with van der Waals surface area (Å²) in [6, 6.07) is 45.8. The lowest BCUT2D eigenvalue weighted by molar-refractivity contribution is 1.16. The van der Waals surface area contributed by atoms with Crippen molar-refractivity contribution in [2.24, 2.45) is 0 Å². The van der Waals surface area contributed by atoms with Crippen LogP contribution in [0.25, 0.3) is 82.5 Å². The van der Waals surface area contributed by atoms with Gasteiger partial charge in [0.1, 0.15) is 0 Å². The summed E-state index contributed by atoms with van der Waals surface area (Å²) in [4.78, 5) is 2.23. The number of thiol groups is 2. The van der Waals surface area contributed by atoms with Gasteiger partial charge in [-0.25, -0.2) is 0 Å². The Bertz CT molecular complexity index is 3410. The van der Waals surface area contributed by atoms with Crippen LogP contribution in [0.3, 0.4) is 0 Å². The molecule has 10 rings (SSSR count). The van der Waals surface area contributed by atoms with E-state index >= 15 is 0 Å². The number of nitriles is 1. The quantitative estimate of drug-likeness (QED) is 0.0906. The van der Waals surface area contributed by atoms with E-state index in [0.29, 0.717) is 5.56 Å². The molecule has 1 aliphatic carbocycles. The summed E-state index contributed by atoms with van der Waals surface area (Å²) in [7, 11) is 0. The first kappa shape index (κ1) is 46.2. The molecular weight excluding hydrogens is 849 g/mol. The molecule has 0 saturated carbocycles. The Hall–Kier alpha value is -6.82. The van der Waals surface area contributed by atoms with Crippen LogP contribution in [0.15, 0.2) is 217 Å². The lowest BCUT2D eigenvalue weighted by Crippen LogP contribution is -1.99. The van der Waals surface area contributed by atoms with E-state index in [-0.39, 0.29) is 0 Å². The van der Waals surface area contributed by atoms with Crippen molar-refractivity contribution in [2.75, 3.05) is 0 Å². The van der Waals surface area contributed by atoms with E-state index in [9.17, 15) is 5.26 Å². The molecule has 3 heterocycles. The van der Waals surface area contributed by atoms with Crippen molar-refractivity contribution >= 4 is 112 Å². The van der Waals surface area contributed by atoms with E-state index in [0.717, 1.165) is 49.8 Å². The maximum atomic E-state index is 9.30. The normalized spacial score (nSPS) is 12.5. The molecule has 0 spiro atoms. The fraction of sp³-hybridized carbons (Fsp3) is 0.0862. The second-order valence-electron chi connectivity index (χ2n) is 14.8. The SMILES string of the molecule is C=C/C(=C\C=C/C)n1c2ccccc2c2cc3c(cc21)c1ccc2c4ccccc4n(C4=CC=CCC=C4)c2c1n3-c1ccc(Sc2ccc(C#N)cc2)cc1.C=C/C=C\C.CC.SS. The summed E-state index contributed by atoms with van der Waals surface area (Å²) in [6.45, 7) is 15.7. The van der Waals surface area contributed by atoms with E-state index in [1.54, 1.807) is 17.8 Å². The molecular formula is C58H52N4S3. The maximum Gasteiger partial charge on any atom is 0.0991 e. The first-order valence-corrected chi connectivity index (χ1v) is 24.1. The fourth-order valence-corrected chi connectivity index (χ4v) is 9.32. The van der Waals surface area contributed by atoms with Gasteiger partial charge in [-0.1, -0.05) is 136 Å². The molecule has 0 saturated heterocycles. The number of benzene rings is 6. The summed E-state index contributed by atoms with van der Waals surface area (Å²) in [6.07, 6.45) is 25.8. The molecule has 6 aromatic carbocycles. The van der Waals surface area contributed by atoms with Crippen molar-refractivity contribution < 1.29 is 0 Å². The fourth-order valence-electron chi connectivity index (χ4n) is 8.50. The highest BCUT2D eigenvalue weighted by atomic mass is 33.1. The first-order chi connectivity index (χ1) is 32.1. The number of nitrogens with zero attached hydrogens (tertiary/aromatic N) is 4. The third kappa shape index (κ3) is 8.99. The third-order valence-electron chi connectivity index (χ3n) is 11.1. The van der Waals surface area contributed by atoms with Gasteiger partial charge in [0.15, 0.2) is 0 Å². The summed E-state index contributed by atoms with van der Waals surface area (Å²) in [5, 5.41) is 16.5. The molecule has 9 aromatic rings. The highest BCUT2D eigenvalue weighted by Gasteiger charge is 2.23. The second kappa shape index (κ2) is 21.7. The minimum atomic E-state index is 0.665. The van der Waals surface area contributed by atoms with Gasteiger partial charge in [-0.05, 0) is 117 Å². The smallest absolute Gasteiger partial charge is 0.0991 e. The van der Waals surface area contributed by atoms with Crippen LogP contribution in [-0.2, 0) is 0 Å². The van der Waals surface area contributed by atoms with Gasteiger partial charge in [-0.3, -0.25) is 0 Å². The molecule has 0 bridgehead atoms. The number of rotatable bonds is 8. The highest BCUT2D eigenvalue weighted by molar-refractivity contribution is 8.59. The molecule has 0 atom stereocenters. The van der Waals surface area contributed by atoms with Crippen molar-refractivity contribution in [2.45, 2.75) is 43.9 Å². The number of para-hydroxylation sites is 2. The van der Waals surface area contributed by atoms with Gasteiger partial charge in [0, 0.05) is 59.2 Å². The van der Waals surface area contributed by atoms with Crippen LogP contribution < -0.4 is 0 Å². The van der Waals surface area contributed by atoms with Crippen LogP contribution in [-0.4, -0.2) is 13.7 Å². The summed E-state index contributed by atoms with van der Waals surface area (Å²) < 4.78 is 7.28. The number of aromatic nitrogens is 3. The second-order valence-corrected chi connectivity index (χ2v) is 15.9. The summed E-state index contributed by atoms with van der Waals surface area (Å²) in [5.74, 6) is 0. The van der Waals surface area contributed by atoms with Crippen LogP contribution in [0.2, 0.25) is 0 Å². The topological polar surface area (TPSA) is 38.6 Å². The Labute approximate surface area is 397 Å². The Morgan fingerprint density at radius 2 is 1.23 bits per heavy atom. The van der Waals surface area contributed by atoms with Crippen molar-refractivity contribution in [3.05, 3.63) is 213 Å². The first-order valence-electron chi connectivity index (χ1n) is 21.7. The Balaban J connectivity index is 0.000000650. The molecule has 0 radical (unpaired) electrons. The van der Waals surface area contributed by atoms with E-state index in [1.165, 1.54) is 48.9 Å². The zero-order valence-electron chi connectivity index (χ0n) is 37.2. The zero-order valence-corrected chi connectivity index (χ0v) is 39.8. The van der Waals surface area contributed by atoms with Gasteiger partial charge in [0.25, 0.3) is 0 Å². The van der Waals surface area contributed by atoms with Gasteiger partial charge in [-0.15, -0.1) is 23.3 Å². The van der Waals surface area contributed by atoms with E-state index < -0.39 is 0 Å². The van der Waals surface area contributed by atoms with E-state index in [1.807, 2.05) is 70.2 Å². The van der Waals surface area contributed by atoms with Crippen LogP contribution in [0.1, 0.15) is 39.7 Å². The molecule has 0 unspecified atom stereocenters. The van der Waals surface area contributed by atoms with Crippen molar-refractivity contribution in [1.82, 2.24) is 13.7 Å². The number of hydrogen-bond donors (Lipinski definition) is 2. The molecule has 3 aromatic heterocycles. The molecule has 0 amide bonds. The maximum absolute atomic E-state index is 9.30. The Morgan fingerprint density at radius 1 is 0.646 bits per heavy atom. The monoisotopic (exact) mass is 900 g/mol. The number of fused-ring (bicyclic) bond motifs is 10. The average molecular weight is 901 g/mol. The van der Waals surface area contributed by atoms with Crippen LogP contribution in [0, 0.1) is 11.3 Å². The molecule has 322 valence electrons. The lowest BCUT2D eigenvalue weighted by atomic mass is 10.1. The standard InChI is InChI=1S/C51H36N4S.C5H8.C2H6.H2S2/c1-3-5-14-35(4-2)53-46-19-12-11-18-41(46)44-31-49-45(32-48(44)53)43-30-29-42-40-17-10-13-20-47(40)54(36-15-8-6-7-9-16-36)50(42)51(43)55(49)37-23-27-39(28-24-37)56-38-25-21-34(33-52)22-26-38;1-3-5-4-2;2*1-2/h3-6,8-32H,2,7H2,1H3;3-5H,1H2,2H3;1-2H3;1-2H/b5-3-,35-14+;5-4-;;. The molecule has 0 aliphatic heterocycles. The van der Waals surface area contributed by atoms with Gasteiger partial charge >= 0.3 is 0 Å². The minimum Gasteiger partial charge on any atom is -0.309 e. The molecule has 0 fully saturated rings.